The van der Waals surface area contributed by atoms with Gasteiger partial charge in [-0.25, -0.2) is 13.2 Å². The van der Waals surface area contributed by atoms with Gasteiger partial charge < -0.3 is 14.6 Å². The van der Waals surface area contributed by atoms with Gasteiger partial charge in [-0.3, -0.25) is 4.79 Å². The molecule has 0 bridgehead atoms. The van der Waals surface area contributed by atoms with Crippen LogP contribution in [0.15, 0.2) is 42.0 Å². The highest BCUT2D eigenvalue weighted by molar-refractivity contribution is 5.91. The van der Waals surface area contributed by atoms with Crippen molar-refractivity contribution in [2.45, 2.75) is 26.3 Å². The van der Waals surface area contributed by atoms with Crippen molar-refractivity contribution >= 4 is 16.8 Å². The van der Waals surface area contributed by atoms with Crippen molar-refractivity contribution in [1.29, 1.82) is 0 Å². The number of hydrogen-bond acceptors (Lipinski definition) is 2. The van der Waals surface area contributed by atoms with Gasteiger partial charge in [0, 0.05) is 40.8 Å². The molecule has 1 N–H and O–H groups in total. The molecule has 0 radical (unpaired) electrons. The Morgan fingerprint density at radius 3 is 2.57 bits per heavy atom. The van der Waals surface area contributed by atoms with Gasteiger partial charge in [0.05, 0.1) is 7.11 Å². The number of nitrogens with zero attached hydrogens (tertiary/aromatic N) is 1. The molecule has 0 aliphatic carbocycles. The summed E-state index contributed by atoms with van der Waals surface area (Å²) in [7, 11) is 1.57. The van der Waals surface area contributed by atoms with Crippen LogP contribution in [0, 0.1) is 17.5 Å². The second kappa shape index (κ2) is 7.55. The first-order valence-corrected chi connectivity index (χ1v) is 9.58. The van der Waals surface area contributed by atoms with Crippen LogP contribution in [-0.4, -0.2) is 29.4 Å². The van der Waals surface area contributed by atoms with E-state index in [1.165, 1.54) is 11.0 Å². The number of benzene rings is 2. The molecule has 4 rings (SSSR count). The Hall–Kier alpha value is -3.22. The van der Waals surface area contributed by atoms with Gasteiger partial charge in [-0.05, 0) is 50.1 Å². The molecule has 1 amide bonds. The van der Waals surface area contributed by atoms with Crippen LogP contribution in [0.4, 0.5) is 13.2 Å². The average molecular weight is 414 g/mol. The van der Waals surface area contributed by atoms with E-state index in [0.717, 1.165) is 28.1 Å². The first-order valence-electron chi connectivity index (χ1n) is 9.58. The second-order valence-corrected chi connectivity index (χ2v) is 7.62. The van der Waals surface area contributed by atoms with Crippen LogP contribution >= 0.6 is 0 Å². The molecular formula is C23H21F3N2O2. The van der Waals surface area contributed by atoms with Crippen LogP contribution in [0.25, 0.3) is 10.9 Å². The zero-order chi connectivity index (χ0) is 21.6. The highest BCUT2D eigenvalue weighted by Crippen LogP contribution is 2.40. The number of nitrogens with one attached hydrogen (secondary N) is 1. The summed E-state index contributed by atoms with van der Waals surface area (Å²) in [5.74, 6) is -2.98. The zero-order valence-electron chi connectivity index (χ0n) is 16.9. The highest BCUT2D eigenvalue weighted by atomic mass is 19.2. The number of amides is 1. The number of ether oxygens (including phenoxy) is 1. The third-order valence-electron chi connectivity index (χ3n) is 5.36. The van der Waals surface area contributed by atoms with Crippen molar-refractivity contribution in [3.63, 3.8) is 0 Å². The SMILES string of the molecule is COc1ccc2[nH]c3c(c2c1)CCN(C(=O)C=C(C)C)[C@H]3c1cc(F)c(F)cc1F. The van der Waals surface area contributed by atoms with Gasteiger partial charge in [0.1, 0.15) is 17.6 Å². The molecule has 2 heterocycles. The van der Waals surface area contributed by atoms with Crippen molar-refractivity contribution in [1.82, 2.24) is 9.88 Å². The molecule has 0 unspecified atom stereocenters. The number of H-pyrrole nitrogens is 1. The fraction of sp³-hybridized carbons (Fsp3) is 0.261. The van der Waals surface area contributed by atoms with E-state index in [2.05, 4.69) is 4.98 Å². The minimum absolute atomic E-state index is 0.0936. The van der Waals surface area contributed by atoms with E-state index in [0.29, 0.717) is 30.5 Å². The molecule has 0 saturated carbocycles. The van der Waals surface area contributed by atoms with Crippen molar-refractivity contribution in [3.8, 4) is 5.75 Å². The van der Waals surface area contributed by atoms with Crippen molar-refractivity contribution in [2.24, 2.45) is 0 Å². The van der Waals surface area contributed by atoms with E-state index in [1.54, 1.807) is 27.0 Å². The number of hydrogen-bond donors (Lipinski definition) is 1. The third-order valence-corrected chi connectivity index (χ3v) is 5.36. The Morgan fingerprint density at radius 2 is 1.87 bits per heavy atom. The molecule has 4 nitrogen and oxygen atoms in total. The Kier molecular flexibility index (Phi) is 5.05. The second-order valence-electron chi connectivity index (χ2n) is 7.62. The summed E-state index contributed by atoms with van der Waals surface area (Å²) in [5, 5.41) is 0.895. The first kappa shape index (κ1) is 20.1. The molecule has 1 atom stereocenters. The summed E-state index contributed by atoms with van der Waals surface area (Å²) in [6, 6.07) is 5.95. The fourth-order valence-electron chi connectivity index (χ4n) is 4.03. The van der Waals surface area contributed by atoms with Gasteiger partial charge in [0.2, 0.25) is 5.91 Å². The number of allylic oxidation sites excluding steroid dienone is 1. The summed E-state index contributed by atoms with van der Waals surface area (Å²) in [6.07, 6.45) is 1.99. The van der Waals surface area contributed by atoms with Crippen molar-refractivity contribution in [3.05, 3.63) is 76.3 Å². The number of carbonyl (C=O) groups is 1. The molecule has 0 fully saturated rings. The predicted octanol–water partition coefficient (Wildman–Crippen LogP) is 5.03. The standard InChI is InChI=1S/C23H21F3N2O2/c1-12(2)8-21(29)28-7-6-14-15-9-13(30-3)4-5-20(15)27-22(14)23(28)16-10-18(25)19(26)11-17(16)24/h4-5,8-11,23,27H,6-7H2,1-3H3/t23-/m0/s1. The smallest absolute Gasteiger partial charge is 0.247 e. The lowest BCUT2D eigenvalue weighted by Crippen LogP contribution is -2.40. The minimum Gasteiger partial charge on any atom is -0.497 e. The molecule has 7 heteroatoms. The summed E-state index contributed by atoms with van der Waals surface area (Å²) in [5.41, 5.74) is 2.98. The summed E-state index contributed by atoms with van der Waals surface area (Å²) in [4.78, 5) is 17.7. The van der Waals surface area contributed by atoms with Crippen LogP contribution in [0.1, 0.15) is 36.7 Å². The number of fused-ring (bicyclic) bond motifs is 3. The molecule has 30 heavy (non-hydrogen) atoms. The molecule has 0 spiro atoms. The number of methoxy groups -OCH3 is 1. The fourth-order valence-corrected chi connectivity index (χ4v) is 4.03. The van der Waals surface area contributed by atoms with Crippen LogP contribution < -0.4 is 4.74 Å². The molecule has 1 aliphatic heterocycles. The highest BCUT2D eigenvalue weighted by Gasteiger charge is 2.36. The normalized spacial score (nSPS) is 15.8. The maximum atomic E-state index is 14.8. The van der Waals surface area contributed by atoms with E-state index in [9.17, 15) is 18.0 Å². The molecular weight excluding hydrogens is 393 g/mol. The lowest BCUT2D eigenvalue weighted by atomic mass is 9.91. The van der Waals surface area contributed by atoms with Crippen LogP contribution in [0.3, 0.4) is 0 Å². The lowest BCUT2D eigenvalue weighted by molar-refractivity contribution is -0.128. The van der Waals surface area contributed by atoms with Gasteiger partial charge in [0.25, 0.3) is 0 Å². The van der Waals surface area contributed by atoms with Gasteiger partial charge in [-0.2, -0.15) is 0 Å². The van der Waals surface area contributed by atoms with Crippen LogP contribution in [-0.2, 0) is 11.2 Å². The lowest BCUT2D eigenvalue weighted by Gasteiger charge is -2.36. The zero-order valence-corrected chi connectivity index (χ0v) is 16.9. The summed E-state index contributed by atoms with van der Waals surface area (Å²) < 4.78 is 47.7. The molecule has 3 aromatic rings. The average Bonchev–Trinajstić information content (AvgIpc) is 3.07. The van der Waals surface area contributed by atoms with Gasteiger partial charge >= 0.3 is 0 Å². The number of carbonyl (C=O) groups excluding carboxylic acids is 1. The number of halogens is 3. The Labute approximate surface area is 171 Å². The van der Waals surface area contributed by atoms with E-state index >= 15 is 0 Å². The Balaban J connectivity index is 1.95. The first-order chi connectivity index (χ1) is 14.3. The van der Waals surface area contributed by atoms with Gasteiger partial charge in [0.15, 0.2) is 11.6 Å². The van der Waals surface area contributed by atoms with E-state index in [-0.39, 0.29) is 11.5 Å². The van der Waals surface area contributed by atoms with Gasteiger partial charge in [-0.1, -0.05) is 5.57 Å². The third kappa shape index (κ3) is 3.34. The van der Waals surface area contributed by atoms with E-state index in [4.69, 9.17) is 4.74 Å². The molecule has 0 saturated heterocycles. The predicted molar refractivity (Wildman–Crippen MR) is 108 cm³/mol. The van der Waals surface area contributed by atoms with E-state index in [1.807, 2.05) is 12.1 Å². The van der Waals surface area contributed by atoms with Gasteiger partial charge in [-0.15, -0.1) is 0 Å². The van der Waals surface area contributed by atoms with Crippen LogP contribution in [0.5, 0.6) is 5.75 Å². The molecule has 1 aliphatic rings. The van der Waals surface area contributed by atoms with Crippen molar-refractivity contribution < 1.29 is 22.7 Å². The minimum atomic E-state index is -1.27. The topological polar surface area (TPSA) is 45.3 Å². The maximum absolute atomic E-state index is 14.8. The van der Waals surface area contributed by atoms with Crippen LogP contribution in [0.2, 0.25) is 0 Å². The molecule has 2 aromatic carbocycles. The molecule has 1 aromatic heterocycles. The quantitative estimate of drug-likeness (QED) is 0.482. The Morgan fingerprint density at radius 1 is 1.13 bits per heavy atom. The number of aromatic nitrogens is 1. The largest absolute Gasteiger partial charge is 0.497 e. The number of aromatic amines is 1. The molecule has 156 valence electrons. The van der Waals surface area contributed by atoms with Crippen molar-refractivity contribution in [2.75, 3.05) is 13.7 Å². The summed E-state index contributed by atoms with van der Waals surface area (Å²) >= 11 is 0. The monoisotopic (exact) mass is 414 g/mol. The number of rotatable bonds is 3. The Bertz CT molecular complexity index is 1180. The summed E-state index contributed by atoms with van der Waals surface area (Å²) in [6.45, 7) is 3.88. The maximum Gasteiger partial charge on any atom is 0.247 e. The van der Waals surface area contributed by atoms with E-state index < -0.39 is 23.5 Å².